The average molecular weight is 350 g/mol. The summed E-state index contributed by atoms with van der Waals surface area (Å²) in [5.74, 6) is -2.26. The molecule has 2 aliphatic rings. The summed E-state index contributed by atoms with van der Waals surface area (Å²) < 4.78 is 26.8. The summed E-state index contributed by atoms with van der Waals surface area (Å²) in [5.41, 5.74) is 0.174. The van der Waals surface area contributed by atoms with Gasteiger partial charge >= 0.3 is 0 Å². The summed E-state index contributed by atoms with van der Waals surface area (Å²) in [6.45, 7) is 0.979. The molecule has 0 spiro atoms. The molecule has 0 radical (unpaired) electrons. The Bertz CT molecular complexity index is 639. The van der Waals surface area contributed by atoms with Crippen molar-refractivity contribution in [2.75, 3.05) is 25.0 Å². The van der Waals surface area contributed by atoms with Gasteiger partial charge in [-0.2, -0.15) is 0 Å². The molecular weight excluding hydrogens is 326 g/mol. The van der Waals surface area contributed by atoms with Crippen LogP contribution in [0.1, 0.15) is 38.5 Å². The molecule has 3 rings (SSSR count). The summed E-state index contributed by atoms with van der Waals surface area (Å²) >= 11 is 0. The van der Waals surface area contributed by atoms with Crippen molar-refractivity contribution in [3.63, 3.8) is 0 Å². The van der Waals surface area contributed by atoms with Crippen molar-refractivity contribution in [1.82, 2.24) is 4.90 Å². The quantitative estimate of drug-likeness (QED) is 0.782. The predicted molar refractivity (Wildman–Crippen MR) is 91.0 cm³/mol. The molecule has 1 unspecified atom stereocenters. The Morgan fingerprint density at radius 3 is 2.40 bits per heavy atom. The summed E-state index contributed by atoms with van der Waals surface area (Å²) in [7, 11) is 1.74. The van der Waals surface area contributed by atoms with E-state index in [0.29, 0.717) is 25.4 Å². The second-order valence-electron chi connectivity index (χ2n) is 7.18. The molecule has 136 valence electrons. The number of anilines is 1. The topological polar surface area (TPSA) is 40.6 Å². The molecule has 0 aromatic heterocycles. The first-order valence-corrected chi connectivity index (χ1v) is 8.98. The van der Waals surface area contributed by atoms with Crippen LogP contribution in [0, 0.1) is 23.5 Å². The molecule has 6 heteroatoms. The van der Waals surface area contributed by atoms with Crippen LogP contribution in [0.25, 0.3) is 0 Å². The summed E-state index contributed by atoms with van der Waals surface area (Å²) in [4.78, 5) is 28.2. The summed E-state index contributed by atoms with van der Waals surface area (Å²) in [6, 6.07) is 3.02. The molecule has 1 aromatic rings. The first-order chi connectivity index (χ1) is 12.0. The van der Waals surface area contributed by atoms with Gasteiger partial charge in [0.05, 0.1) is 0 Å². The van der Waals surface area contributed by atoms with E-state index in [1.807, 2.05) is 0 Å². The Hall–Kier alpha value is -1.98. The molecule has 1 saturated carbocycles. The highest BCUT2D eigenvalue weighted by atomic mass is 19.1. The van der Waals surface area contributed by atoms with Crippen molar-refractivity contribution in [1.29, 1.82) is 0 Å². The largest absolute Gasteiger partial charge is 0.345 e. The standard InChI is InChI=1S/C19H24F2N2O2/c1-22(12-13-5-3-2-4-6-13)18(24)17-7-8-23(19(17)25)16-10-14(20)9-15(21)11-16/h9-11,13,17H,2-8,12H2,1H3. The van der Waals surface area contributed by atoms with Gasteiger partial charge in [-0.3, -0.25) is 9.59 Å². The van der Waals surface area contributed by atoms with Crippen molar-refractivity contribution >= 4 is 17.5 Å². The second-order valence-corrected chi connectivity index (χ2v) is 7.18. The summed E-state index contributed by atoms with van der Waals surface area (Å²) in [6.07, 6.45) is 6.30. The lowest BCUT2D eigenvalue weighted by molar-refractivity contribution is -0.139. The number of carbonyl (C=O) groups excluding carboxylic acids is 2. The molecule has 0 bridgehead atoms. The van der Waals surface area contributed by atoms with E-state index < -0.39 is 17.6 Å². The van der Waals surface area contributed by atoms with Crippen molar-refractivity contribution in [2.45, 2.75) is 38.5 Å². The summed E-state index contributed by atoms with van der Waals surface area (Å²) in [5, 5.41) is 0. The smallest absolute Gasteiger partial charge is 0.239 e. The molecule has 2 amide bonds. The third kappa shape index (κ3) is 3.99. The van der Waals surface area contributed by atoms with E-state index in [4.69, 9.17) is 0 Å². The van der Waals surface area contributed by atoms with E-state index in [0.717, 1.165) is 31.0 Å². The lowest BCUT2D eigenvalue weighted by Crippen LogP contribution is -2.40. The molecule has 1 aliphatic carbocycles. The zero-order valence-corrected chi connectivity index (χ0v) is 14.5. The van der Waals surface area contributed by atoms with Crippen LogP contribution in [0.3, 0.4) is 0 Å². The van der Waals surface area contributed by atoms with E-state index in [1.165, 1.54) is 24.2 Å². The van der Waals surface area contributed by atoms with Gasteiger partial charge in [-0.1, -0.05) is 19.3 Å². The van der Waals surface area contributed by atoms with E-state index in [1.54, 1.807) is 11.9 Å². The van der Waals surface area contributed by atoms with Crippen LogP contribution < -0.4 is 4.90 Å². The van der Waals surface area contributed by atoms with Gasteiger partial charge in [0.15, 0.2) is 0 Å². The number of nitrogens with zero attached hydrogens (tertiary/aromatic N) is 2. The fraction of sp³-hybridized carbons (Fsp3) is 0.579. The third-order valence-corrected chi connectivity index (χ3v) is 5.30. The highest BCUT2D eigenvalue weighted by Gasteiger charge is 2.39. The fourth-order valence-corrected chi connectivity index (χ4v) is 3.97. The monoisotopic (exact) mass is 350 g/mol. The number of benzene rings is 1. The van der Waals surface area contributed by atoms with Crippen LogP contribution >= 0.6 is 0 Å². The Morgan fingerprint density at radius 2 is 1.76 bits per heavy atom. The SMILES string of the molecule is CN(CC1CCCCC1)C(=O)C1CCN(c2cc(F)cc(F)c2)C1=O. The molecule has 0 N–H and O–H groups in total. The van der Waals surface area contributed by atoms with Crippen molar-refractivity contribution in [2.24, 2.45) is 11.8 Å². The maximum Gasteiger partial charge on any atom is 0.239 e. The number of hydrogen-bond acceptors (Lipinski definition) is 2. The van der Waals surface area contributed by atoms with Gasteiger partial charge in [0.1, 0.15) is 17.6 Å². The Balaban J connectivity index is 1.65. The van der Waals surface area contributed by atoms with Crippen LogP contribution in [0.15, 0.2) is 18.2 Å². The number of amides is 2. The molecule has 4 nitrogen and oxygen atoms in total. The Morgan fingerprint density at radius 1 is 1.12 bits per heavy atom. The van der Waals surface area contributed by atoms with Crippen LogP contribution in [-0.4, -0.2) is 36.9 Å². The first-order valence-electron chi connectivity index (χ1n) is 8.98. The number of carbonyl (C=O) groups is 2. The maximum absolute atomic E-state index is 13.4. The van der Waals surface area contributed by atoms with Crippen LogP contribution in [0.5, 0.6) is 0 Å². The van der Waals surface area contributed by atoms with Crippen molar-refractivity contribution < 1.29 is 18.4 Å². The van der Waals surface area contributed by atoms with Gasteiger partial charge in [0, 0.05) is 31.9 Å². The second kappa shape index (κ2) is 7.50. The van der Waals surface area contributed by atoms with Crippen LogP contribution in [-0.2, 0) is 9.59 Å². The van der Waals surface area contributed by atoms with Crippen LogP contribution in [0.2, 0.25) is 0 Å². The van der Waals surface area contributed by atoms with E-state index >= 15 is 0 Å². The predicted octanol–water partition coefficient (Wildman–Crippen LogP) is 3.36. The number of rotatable bonds is 4. The minimum absolute atomic E-state index is 0.174. The zero-order valence-electron chi connectivity index (χ0n) is 14.5. The Kier molecular flexibility index (Phi) is 5.35. The normalized spacial score (nSPS) is 21.6. The average Bonchev–Trinajstić information content (AvgIpc) is 2.95. The van der Waals surface area contributed by atoms with Crippen molar-refractivity contribution in [3.05, 3.63) is 29.8 Å². The van der Waals surface area contributed by atoms with E-state index in [9.17, 15) is 18.4 Å². The first kappa shape index (κ1) is 17.8. The maximum atomic E-state index is 13.4. The van der Waals surface area contributed by atoms with Gasteiger partial charge in [-0.05, 0) is 37.3 Å². The van der Waals surface area contributed by atoms with Gasteiger partial charge in [-0.25, -0.2) is 8.78 Å². The van der Waals surface area contributed by atoms with E-state index in [-0.39, 0.29) is 17.5 Å². The van der Waals surface area contributed by atoms with Gasteiger partial charge in [-0.15, -0.1) is 0 Å². The van der Waals surface area contributed by atoms with E-state index in [2.05, 4.69) is 0 Å². The number of halogens is 2. The number of hydrogen-bond donors (Lipinski definition) is 0. The molecule has 2 fully saturated rings. The van der Waals surface area contributed by atoms with Crippen molar-refractivity contribution in [3.8, 4) is 0 Å². The molecule has 1 atom stereocenters. The molecule has 1 heterocycles. The third-order valence-electron chi connectivity index (χ3n) is 5.30. The highest BCUT2D eigenvalue weighted by molar-refractivity contribution is 6.09. The molecule has 25 heavy (non-hydrogen) atoms. The lowest BCUT2D eigenvalue weighted by atomic mass is 9.89. The van der Waals surface area contributed by atoms with Gasteiger partial charge in [0.2, 0.25) is 11.8 Å². The zero-order chi connectivity index (χ0) is 18.0. The van der Waals surface area contributed by atoms with Crippen LogP contribution in [0.4, 0.5) is 14.5 Å². The Labute approximate surface area is 146 Å². The van der Waals surface area contributed by atoms with Gasteiger partial charge in [0.25, 0.3) is 0 Å². The minimum Gasteiger partial charge on any atom is -0.345 e. The lowest BCUT2D eigenvalue weighted by Gasteiger charge is -2.28. The minimum atomic E-state index is -0.750. The molecular formula is C19H24F2N2O2. The molecule has 1 saturated heterocycles. The van der Waals surface area contributed by atoms with Gasteiger partial charge < -0.3 is 9.80 Å². The molecule has 1 aromatic carbocycles. The highest BCUT2D eigenvalue weighted by Crippen LogP contribution is 2.29. The fourth-order valence-electron chi connectivity index (χ4n) is 3.97. The molecule has 1 aliphatic heterocycles.